The number of hydrogen-bond acceptors (Lipinski definition) is 5. The Bertz CT molecular complexity index is 752. The van der Waals surface area contributed by atoms with Gasteiger partial charge in [0.2, 0.25) is 0 Å². The van der Waals surface area contributed by atoms with Gasteiger partial charge in [-0.2, -0.15) is 0 Å². The zero-order chi connectivity index (χ0) is 17.2. The summed E-state index contributed by atoms with van der Waals surface area (Å²) in [4.78, 5) is 29.0. The lowest BCUT2D eigenvalue weighted by Crippen LogP contribution is -2.32. The van der Waals surface area contributed by atoms with E-state index in [2.05, 4.69) is 20.9 Å². The van der Waals surface area contributed by atoms with E-state index in [1.54, 1.807) is 33.0 Å². The number of esters is 2. The maximum Gasteiger partial charge on any atom is 0.325 e. The van der Waals surface area contributed by atoms with Crippen LogP contribution >= 0.6 is 15.9 Å². The first-order chi connectivity index (χ1) is 10.7. The topological polar surface area (TPSA) is 65.5 Å². The van der Waals surface area contributed by atoms with Crippen LogP contribution in [0.1, 0.15) is 32.3 Å². The van der Waals surface area contributed by atoms with Crippen molar-refractivity contribution in [1.82, 2.24) is 4.98 Å². The van der Waals surface area contributed by atoms with Crippen molar-refractivity contribution in [2.45, 2.75) is 32.3 Å². The van der Waals surface area contributed by atoms with Crippen molar-refractivity contribution < 1.29 is 19.1 Å². The molecular formula is C17H18BrNO4. The molecule has 0 aliphatic heterocycles. The molecule has 0 spiro atoms. The van der Waals surface area contributed by atoms with Gasteiger partial charge in [0.05, 0.1) is 12.6 Å². The Kier molecular flexibility index (Phi) is 5.04. The van der Waals surface area contributed by atoms with E-state index >= 15 is 0 Å². The third kappa shape index (κ3) is 4.07. The third-order valence-corrected chi connectivity index (χ3v) is 3.62. The first kappa shape index (κ1) is 17.4. The van der Waals surface area contributed by atoms with Crippen LogP contribution in [0.2, 0.25) is 0 Å². The zero-order valence-corrected chi connectivity index (χ0v) is 15.0. The summed E-state index contributed by atoms with van der Waals surface area (Å²) in [6.07, 6.45) is 1.56. The van der Waals surface area contributed by atoms with E-state index in [1.165, 1.54) is 7.11 Å². The smallest absolute Gasteiger partial charge is 0.325 e. The summed E-state index contributed by atoms with van der Waals surface area (Å²) in [5.74, 6) is -2.46. The van der Waals surface area contributed by atoms with Crippen LogP contribution in [0.15, 0.2) is 34.9 Å². The van der Waals surface area contributed by atoms with Gasteiger partial charge in [0, 0.05) is 16.1 Å². The molecule has 1 aromatic heterocycles. The average molecular weight is 380 g/mol. The number of hydrogen-bond donors (Lipinski definition) is 0. The highest BCUT2D eigenvalue weighted by Gasteiger charge is 2.35. The quantitative estimate of drug-likeness (QED) is 0.602. The molecule has 0 aliphatic carbocycles. The highest BCUT2D eigenvalue weighted by Crippen LogP contribution is 2.30. The fourth-order valence-corrected chi connectivity index (χ4v) is 2.58. The van der Waals surface area contributed by atoms with E-state index in [4.69, 9.17) is 9.47 Å². The Hall–Kier alpha value is -1.95. The molecular weight excluding hydrogens is 362 g/mol. The predicted octanol–water partition coefficient (Wildman–Crippen LogP) is 3.60. The van der Waals surface area contributed by atoms with Crippen molar-refractivity contribution in [2.24, 2.45) is 0 Å². The van der Waals surface area contributed by atoms with Gasteiger partial charge in [-0.15, -0.1) is 0 Å². The Morgan fingerprint density at radius 2 is 1.87 bits per heavy atom. The third-order valence-electron chi connectivity index (χ3n) is 3.13. The highest BCUT2D eigenvalue weighted by atomic mass is 79.9. The van der Waals surface area contributed by atoms with Crippen LogP contribution in [0.3, 0.4) is 0 Å². The van der Waals surface area contributed by atoms with E-state index < -0.39 is 23.5 Å². The first-order valence-corrected chi connectivity index (χ1v) is 7.87. The van der Waals surface area contributed by atoms with Crippen LogP contribution in [0.25, 0.3) is 10.9 Å². The average Bonchev–Trinajstić information content (AvgIpc) is 2.45. The SMILES string of the molecule is COC(=O)C(C(=O)OC(C)(C)C)c1ccnc2ccc(Br)cc12. The van der Waals surface area contributed by atoms with E-state index in [0.717, 1.165) is 4.47 Å². The van der Waals surface area contributed by atoms with Crippen LogP contribution in [0.4, 0.5) is 0 Å². The Labute approximate surface area is 143 Å². The minimum atomic E-state index is -1.15. The Morgan fingerprint density at radius 3 is 2.48 bits per heavy atom. The molecule has 0 fully saturated rings. The number of aromatic nitrogens is 1. The minimum Gasteiger partial charge on any atom is -0.468 e. The van der Waals surface area contributed by atoms with Gasteiger partial charge in [0.15, 0.2) is 5.92 Å². The molecule has 1 unspecified atom stereocenters. The van der Waals surface area contributed by atoms with E-state index in [-0.39, 0.29) is 0 Å². The largest absolute Gasteiger partial charge is 0.468 e. The molecule has 2 aromatic rings. The summed E-state index contributed by atoms with van der Waals surface area (Å²) < 4.78 is 11.0. The molecule has 1 heterocycles. The minimum absolute atomic E-state index is 0.511. The van der Waals surface area contributed by atoms with Gasteiger partial charge in [0.1, 0.15) is 5.60 Å². The molecule has 122 valence electrons. The Balaban J connectivity index is 2.58. The van der Waals surface area contributed by atoms with Gasteiger partial charge in [-0.05, 0) is 50.6 Å². The molecule has 0 amide bonds. The molecule has 23 heavy (non-hydrogen) atoms. The number of nitrogens with zero attached hydrogens (tertiary/aromatic N) is 1. The summed E-state index contributed by atoms with van der Waals surface area (Å²) >= 11 is 3.40. The van der Waals surface area contributed by atoms with Crippen molar-refractivity contribution in [3.8, 4) is 0 Å². The lowest BCUT2D eigenvalue weighted by atomic mass is 9.95. The van der Waals surface area contributed by atoms with Gasteiger partial charge in [-0.25, -0.2) is 0 Å². The molecule has 6 heteroatoms. The molecule has 2 rings (SSSR count). The van der Waals surface area contributed by atoms with E-state index in [1.807, 2.05) is 18.2 Å². The summed E-state index contributed by atoms with van der Waals surface area (Å²) in [6.45, 7) is 5.25. The van der Waals surface area contributed by atoms with Gasteiger partial charge in [0.25, 0.3) is 0 Å². The maximum atomic E-state index is 12.5. The lowest BCUT2D eigenvalue weighted by molar-refractivity contribution is -0.163. The molecule has 0 saturated carbocycles. The van der Waals surface area contributed by atoms with Crippen LogP contribution in [0, 0.1) is 0 Å². The maximum absolute atomic E-state index is 12.5. The standard InChI is InChI=1S/C17H18BrNO4/c1-17(2,3)23-16(21)14(15(20)22-4)11-7-8-19-13-6-5-10(18)9-12(11)13/h5-9,14H,1-4H3. The summed E-state index contributed by atoms with van der Waals surface area (Å²) in [5.41, 5.74) is 0.493. The van der Waals surface area contributed by atoms with Crippen molar-refractivity contribution in [3.05, 3.63) is 40.5 Å². The number of pyridine rings is 1. The number of carbonyl (C=O) groups is 2. The number of carbonyl (C=O) groups excluding carboxylic acids is 2. The fourth-order valence-electron chi connectivity index (χ4n) is 2.22. The van der Waals surface area contributed by atoms with Crippen LogP contribution < -0.4 is 0 Å². The fraction of sp³-hybridized carbons (Fsp3) is 0.353. The normalized spacial score (nSPS) is 12.7. The molecule has 0 N–H and O–H groups in total. The van der Waals surface area contributed by atoms with Crippen LogP contribution in [-0.4, -0.2) is 29.6 Å². The lowest BCUT2D eigenvalue weighted by Gasteiger charge is -2.23. The van der Waals surface area contributed by atoms with Crippen molar-refractivity contribution >= 4 is 38.8 Å². The molecule has 1 atom stereocenters. The molecule has 0 saturated heterocycles. The molecule has 5 nitrogen and oxygen atoms in total. The number of benzene rings is 1. The number of ether oxygens (including phenoxy) is 2. The molecule has 0 bridgehead atoms. The zero-order valence-electron chi connectivity index (χ0n) is 13.4. The van der Waals surface area contributed by atoms with E-state index in [0.29, 0.717) is 16.5 Å². The number of methoxy groups -OCH3 is 1. The van der Waals surface area contributed by atoms with Crippen molar-refractivity contribution in [3.63, 3.8) is 0 Å². The van der Waals surface area contributed by atoms with Gasteiger partial charge >= 0.3 is 11.9 Å². The Morgan fingerprint density at radius 1 is 1.17 bits per heavy atom. The van der Waals surface area contributed by atoms with Gasteiger partial charge in [-0.3, -0.25) is 14.6 Å². The summed E-state index contributed by atoms with van der Waals surface area (Å²) in [5, 5.41) is 0.697. The van der Waals surface area contributed by atoms with Crippen molar-refractivity contribution in [2.75, 3.05) is 7.11 Å². The number of halogens is 1. The van der Waals surface area contributed by atoms with Gasteiger partial charge in [-0.1, -0.05) is 15.9 Å². The van der Waals surface area contributed by atoms with Crippen molar-refractivity contribution in [1.29, 1.82) is 0 Å². The van der Waals surface area contributed by atoms with Gasteiger partial charge < -0.3 is 9.47 Å². The monoisotopic (exact) mass is 379 g/mol. The molecule has 0 aliphatic rings. The summed E-state index contributed by atoms with van der Waals surface area (Å²) in [7, 11) is 1.25. The predicted molar refractivity (Wildman–Crippen MR) is 90.0 cm³/mol. The van der Waals surface area contributed by atoms with Crippen LogP contribution in [0.5, 0.6) is 0 Å². The first-order valence-electron chi connectivity index (χ1n) is 7.08. The number of rotatable bonds is 3. The summed E-state index contributed by atoms with van der Waals surface area (Å²) in [6, 6.07) is 7.12. The second kappa shape index (κ2) is 6.66. The van der Waals surface area contributed by atoms with E-state index in [9.17, 15) is 9.59 Å². The van der Waals surface area contributed by atoms with Crippen LogP contribution in [-0.2, 0) is 19.1 Å². The molecule has 0 radical (unpaired) electrons. The second-order valence-electron chi connectivity index (χ2n) is 6.05. The molecule has 1 aromatic carbocycles. The number of fused-ring (bicyclic) bond motifs is 1. The second-order valence-corrected chi connectivity index (χ2v) is 6.97. The highest BCUT2D eigenvalue weighted by molar-refractivity contribution is 9.10.